The maximum atomic E-state index is 11.4. The van der Waals surface area contributed by atoms with Gasteiger partial charge in [-0.05, 0) is 26.3 Å². The molecule has 0 aliphatic carbocycles. The first kappa shape index (κ1) is 17.1. The fourth-order valence-corrected chi connectivity index (χ4v) is 1.16. The molecule has 0 aliphatic heterocycles. The van der Waals surface area contributed by atoms with Gasteiger partial charge in [-0.25, -0.2) is 4.79 Å². The van der Waals surface area contributed by atoms with Crippen LogP contribution in [0.2, 0.25) is 0 Å². The number of ether oxygens (including phenoxy) is 1. The fraction of sp³-hybridized carbons (Fsp3) is 0.455. The second-order valence-electron chi connectivity index (χ2n) is 4.66. The van der Waals surface area contributed by atoms with E-state index in [0.29, 0.717) is 5.56 Å². The number of carbonyl (C=O) groups is 1. The van der Waals surface area contributed by atoms with E-state index in [2.05, 4.69) is 10.3 Å². The Morgan fingerprint density at radius 1 is 1.47 bits per heavy atom. The second-order valence-corrected chi connectivity index (χ2v) is 4.66. The summed E-state index contributed by atoms with van der Waals surface area (Å²) >= 11 is 0. The molecular formula is C11H16ClN3O4. The average Bonchev–Trinajstić information content (AvgIpc) is 2.24. The van der Waals surface area contributed by atoms with Crippen LogP contribution in [0.5, 0.6) is 0 Å². The quantitative estimate of drug-likeness (QED) is 0.681. The molecule has 0 atom stereocenters. The highest BCUT2D eigenvalue weighted by Gasteiger charge is 2.16. The van der Waals surface area contributed by atoms with Crippen molar-refractivity contribution < 1.29 is 14.5 Å². The lowest BCUT2D eigenvalue weighted by Crippen LogP contribution is -2.32. The van der Waals surface area contributed by atoms with E-state index < -0.39 is 16.6 Å². The van der Waals surface area contributed by atoms with Gasteiger partial charge < -0.3 is 10.1 Å². The molecule has 0 saturated heterocycles. The van der Waals surface area contributed by atoms with Crippen molar-refractivity contribution in [2.75, 3.05) is 0 Å². The first-order valence-electron chi connectivity index (χ1n) is 5.33. The van der Waals surface area contributed by atoms with Gasteiger partial charge in [-0.15, -0.1) is 12.4 Å². The van der Waals surface area contributed by atoms with Crippen LogP contribution in [0.4, 0.5) is 10.5 Å². The Labute approximate surface area is 116 Å². The number of hydrogen-bond donors (Lipinski definition) is 1. The molecule has 0 fully saturated rings. The highest BCUT2D eigenvalue weighted by Crippen LogP contribution is 2.11. The van der Waals surface area contributed by atoms with E-state index >= 15 is 0 Å². The molecule has 0 aromatic carbocycles. The van der Waals surface area contributed by atoms with Crippen molar-refractivity contribution >= 4 is 24.2 Å². The van der Waals surface area contributed by atoms with Crippen LogP contribution in [0.3, 0.4) is 0 Å². The van der Waals surface area contributed by atoms with Gasteiger partial charge in [0.2, 0.25) is 0 Å². The van der Waals surface area contributed by atoms with Gasteiger partial charge in [0.15, 0.2) is 0 Å². The summed E-state index contributed by atoms with van der Waals surface area (Å²) in [5.41, 5.74) is -0.154. The van der Waals surface area contributed by atoms with Crippen molar-refractivity contribution in [3.05, 3.63) is 34.1 Å². The Morgan fingerprint density at radius 3 is 2.63 bits per heavy atom. The van der Waals surface area contributed by atoms with E-state index in [0.717, 1.165) is 6.20 Å². The Morgan fingerprint density at radius 2 is 2.11 bits per heavy atom. The SMILES string of the molecule is CC(C)(C)OC(=O)NCc1cncc([N+](=O)[O-])c1.Cl. The summed E-state index contributed by atoms with van der Waals surface area (Å²) in [4.78, 5) is 25.1. The van der Waals surface area contributed by atoms with Crippen LogP contribution >= 0.6 is 12.4 Å². The van der Waals surface area contributed by atoms with E-state index in [1.165, 1.54) is 12.3 Å². The van der Waals surface area contributed by atoms with E-state index in [1.807, 2.05) is 0 Å². The predicted molar refractivity (Wildman–Crippen MR) is 71.2 cm³/mol. The molecule has 1 N–H and O–H groups in total. The third kappa shape index (κ3) is 6.56. The summed E-state index contributed by atoms with van der Waals surface area (Å²) < 4.78 is 5.03. The highest BCUT2D eigenvalue weighted by molar-refractivity contribution is 5.85. The minimum absolute atomic E-state index is 0. The van der Waals surface area contributed by atoms with Crippen molar-refractivity contribution in [2.45, 2.75) is 32.9 Å². The topological polar surface area (TPSA) is 94.4 Å². The van der Waals surface area contributed by atoms with Crippen LogP contribution in [0, 0.1) is 10.1 Å². The number of aromatic nitrogens is 1. The second kappa shape index (κ2) is 6.89. The monoisotopic (exact) mass is 289 g/mol. The number of pyridine rings is 1. The lowest BCUT2D eigenvalue weighted by molar-refractivity contribution is -0.385. The van der Waals surface area contributed by atoms with E-state index in [4.69, 9.17) is 4.74 Å². The maximum Gasteiger partial charge on any atom is 0.407 e. The number of hydrogen-bond acceptors (Lipinski definition) is 5. The lowest BCUT2D eigenvalue weighted by atomic mass is 10.2. The smallest absolute Gasteiger partial charge is 0.407 e. The van der Waals surface area contributed by atoms with Gasteiger partial charge in [-0.1, -0.05) is 0 Å². The van der Waals surface area contributed by atoms with Gasteiger partial charge in [0.05, 0.1) is 4.92 Å². The number of halogens is 1. The normalized spacial score (nSPS) is 10.3. The predicted octanol–water partition coefficient (Wildman–Crippen LogP) is 2.44. The molecule has 1 aromatic rings. The van der Waals surface area contributed by atoms with E-state index in [-0.39, 0.29) is 24.6 Å². The summed E-state index contributed by atoms with van der Waals surface area (Å²) in [6.07, 6.45) is 2.02. The lowest BCUT2D eigenvalue weighted by Gasteiger charge is -2.19. The summed E-state index contributed by atoms with van der Waals surface area (Å²) in [7, 11) is 0. The fourth-order valence-electron chi connectivity index (χ4n) is 1.16. The molecule has 0 unspecified atom stereocenters. The number of carbonyl (C=O) groups excluding carboxylic acids is 1. The van der Waals surface area contributed by atoms with Crippen LogP contribution < -0.4 is 5.32 Å². The summed E-state index contributed by atoms with van der Waals surface area (Å²) in [6, 6.07) is 1.35. The molecule has 1 heterocycles. The van der Waals surface area contributed by atoms with Gasteiger partial charge in [0.25, 0.3) is 5.69 Å². The zero-order valence-corrected chi connectivity index (χ0v) is 11.7. The molecule has 106 valence electrons. The first-order chi connectivity index (χ1) is 8.28. The maximum absolute atomic E-state index is 11.4. The van der Waals surface area contributed by atoms with Gasteiger partial charge in [-0.2, -0.15) is 0 Å². The average molecular weight is 290 g/mol. The van der Waals surface area contributed by atoms with Crippen molar-refractivity contribution in [2.24, 2.45) is 0 Å². The molecule has 0 bridgehead atoms. The zero-order chi connectivity index (χ0) is 13.8. The Bertz CT molecular complexity index is 459. The standard InChI is InChI=1S/C11H15N3O4.ClH/c1-11(2,3)18-10(15)13-6-8-4-9(14(16)17)7-12-5-8;/h4-5,7H,6H2,1-3H3,(H,13,15);1H. The number of amides is 1. The Balaban J connectivity index is 0.00000324. The van der Waals surface area contributed by atoms with Crippen molar-refractivity contribution in [1.29, 1.82) is 0 Å². The zero-order valence-electron chi connectivity index (χ0n) is 10.9. The van der Waals surface area contributed by atoms with E-state index in [9.17, 15) is 14.9 Å². The molecule has 0 saturated carbocycles. The van der Waals surface area contributed by atoms with Gasteiger partial charge >= 0.3 is 6.09 Å². The van der Waals surface area contributed by atoms with Crippen LogP contribution in [0.1, 0.15) is 26.3 Å². The number of nitrogens with one attached hydrogen (secondary N) is 1. The minimum atomic E-state index is -0.578. The molecule has 8 heteroatoms. The third-order valence-electron chi connectivity index (χ3n) is 1.83. The van der Waals surface area contributed by atoms with Crippen LogP contribution in [-0.2, 0) is 11.3 Å². The molecule has 1 amide bonds. The third-order valence-corrected chi connectivity index (χ3v) is 1.83. The van der Waals surface area contributed by atoms with Gasteiger partial charge in [0, 0.05) is 18.8 Å². The Kier molecular flexibility index (Phi) is 6.20. The van der Waals surface area contributed by atoms with E-state index in [1.54, 1.807) is 20.8 Å². The molecule has 1 rings (SSSR count). The molecule has 19 heavy (non-hydrogen) atoms. The molecule has 7 nitrogen and oxygen atoms in total. The van der Waals surface area contributed by atoms with Crippen molar-refractivity contribution in [1.82, 2.24) is 10.3 Å². The number of alkyl carbamates (subject to hydrolysis) is 1. The largest absolute Gasteiger partial charge is 0.444 e. The van der Waals surface area contributed by atoms with Crippen LogP contribution in [0.25, 0.3) is 0 Å². The van der Waals surface area contributed by atoms with Gasteiger partial charge in [0.1, 0.15) is 11.8 Å². The highest BCUT2D eigenvalue weighted by atomic mass is 35.5. The molecule has 1 aromatic heterocycles. The minimum Gasteiger partial charge on any atom is -0.444 e. The van der Waals surface area contributed by atoms with Crippen molar-refractivity contribution in [3.8, 4) is 0 Å². The first-order valence-corrected chi connectivity index (χ1v) is 5.33. The van der Waals surface area contributed by atoms with Gasteiger partial charge in [-0.3, -0.25) is 15.1 Å². The summed E-state index contributed by atoms with van der Waals surface area (Å²) in [5, 5.41) is 13.0. The van der Waals surface area contributed by atoms with Crippen LogP contribution in [0.15, 0.2) is 18.5 Å². The molecular weight excluding hydrogens is 274 g/mol. The number of rotatable bonds is 3. The number of nitrogens with zero attached hydrogens (tertiary/aromatic N) is 2. The molecule has 0 spiro atoms. The number of nitro groups is 1. The summed E-state index contributed by atoms with van der Waals surface area (Å²) in [6.45, 7) is 5.38. The van der Waals surface area contributed by atoms with Crippen molar-refractivity contribution in [3.63, 3.8) is 0 Å². The Hall–Kier alpha value is -1.89. The summed E-state index contributed by atoms with van der Waals surface area (Å²) in [5.74, 6) is 0. The van der Waals surface area contributed by atoms with Crippen LogP contribution in [-0.4, -0.2) is 21.6 Å². The molecule has 0 radical (unpaired) electrons. The molecule has 0 aliphatic rings.